The van der Waals surface area contributed by atoms with Gasteiger partial charge in [-0.2, -0.15) is 0 Å². The molecule has 1 fully saturated rings. The lowest BCUT2D eigenvalue weighted by Crippen LogP contribution is -2.43. The van der Waals surface area contributed by atoms with E-state index in [1.165, 1.54) is 0 Å². The molecular weight excluding hydrogens is 292 g/mol. The van der Waals surface area contributed by atoms with Crippen LogP contribution in [-0.2, 0) is 4.79 Å². The molecule has 5 nitrogen and oxygen atoms in total. The Morgan fingerprint density at radius 1 is 1.33 bits per heavy atom. The summed E-state index contributed by atoms with van der Waals surface area (Å²) in [5, 5.41) is 3.21. The molecule has 1 saturated heterocycles. The average molecular weight is 315 g/mol. The smallest absolute Gasteiger partial charge is 0.239 e. The largest absolute Gasteiger partial charge is 0.497 e. The number of likely N-dealkylation sites (N-methyl/N-ethyl adjacent to an activating group) is 1. The molecule has 118 valence electrons. The molecular formula is C15H23ClN2O3. The average Bonchev–Trinajstić information content (AvgIpc) is 3.01. The number of ether oxygens (including phenoxy) is 2. The van der Waals surface area contributed by atoms with E-state index < -0.39 is 0 Å². The first-order valence-electron chi connectivity index (χ1n) is 6.96. The second kappa shape index (κ2) is 8.74. The van der Waals surface area contributed by atoms with Crippen molar-refractivity contribution in [2.24, 2.45) is 0 Å². The van der Waals surface area contributed by atoms with Crippen molar-refractivity contribution >= 4 is 18.3 Å². The zero-order valence-corrected chi connectivity index (χ0v) is 13.3. The lowest BCUT2D eigenvalue weighted by molar-refractivity contribution is -0.132. The molecule has 21 heavy (non-hydrogen) atoms. The third-order valence-corrected chi connectivity index (χ3v) is 3.49. The van der Waals surface area contributed by atoms with Crippen molar-refractivity contribution in [1.29, 1.82) is 0 Å². The lowest BCUT2D eigenvalue weighted by Gasteiger charge is -2.21. The van der Waals surface area contributed by atoms with Crippen molar-refractivity contribution in [2.75, 3.05) is 33.9 Å². The first-order chi connectivity index (χ1) is 9.70. The molecule has 1 aromatic rings. The van der Waals surface area contributed by atoms with E-state index in [4.69, 9.17) is 9.47 Å². The van der Waals surface area contributed by atoms with E-state index in [1.807, 2.05) is 31.3 Å². The fourth-order valence-corrected chi connectivity index (χ4v) is 2.24. The molecule has 0 aromatic heterocycles. The highest BCUT2D eigenvalue weighted by atomic mass is 35.5. The van der Waals surface area contributed by atoms with Crippen LogP contribution in [0.4, 0.5) is 0 Å². The Labute approximate surface area is 132 Å². The van der Waals surface area contributed by atoms with Gasteiger partial charge in [0.2, 0.25) is 5.91 Å². The molecule has 0 saturated carbocycles. The molecule has 2 rings (SSSR count). The van der Waals surface area contributed by atoms with Crippen molar-refractivity contribution in [3.8, 4) is 11.5 Å². The number of rotatable bonds is 6. The van der Waals surface area contributed by atoms with Crippen LogP contribution in [0.25, 0.3) is 0 Å². The number of methoxy groups -OCH3 is 1. The number of hydrogen-bond acceptors (Lipinski definition) is 4. The Balaban J connectivity index is 0.00000220. The summed E-state index contributed by atoms with van der Waals surface area (Å²) in [5.74, 6) is 1.74. The number of amides is 1. The summed E-state index contributed by atoms with van der Waals surface area (Å²) >= 11 is 0. The minimum absolute atomic E-state index is 0. The third-order valence-electron chi connectivity index (χ3n) is 3.49. The maximum absolute atomic E-state index is 12.1. The predicted molar refractivity (Wildman–Crippen MR) is 84.4 cm³/mol. The van der Waals surface area contributed by atoms with E-state index in [1.54, 1.807) is 12.0 Å². The minimum Gasteiger partial charge on any atom is -0.497 e. The molecule has 1 aliphatic rings. The number of halogens is 1. The van der Waals surface area contributed by atoms with Crippen LogP contribution in [0.3, 0.4) is 0 Å². The van der Waals surface area contributed by atoms with Crippen LogP contribution >= 0.6 is 12.4 Å². The summed E-state index contributed by atoms with van der Waals surface area (Å²) in [6, 6.07) is 7.42. The molecule has 1 amide bonds. The molecule has 0 aliphatic carbocycles. The van der Waals surface area contributed by atoms with Crippen LogP contribution in [0, 0.1) is 0 Å². The molecule has 0 unspecified atom stereocenters. The zero-order chi connectivity index (χ0) is 14.4. The molecule has 0 radical (unpaired) electrons. The summed E-state index contributed by atoms with van der Waals surface area (Å²) in [4.78, 5) is 13.8. The minimum atomic E-state index is -0.0130. The van der Waals surface area contributed by atoms with Gasteiger partial charge < -0.3 is 19.7 Å². The van der Waals surface area contributed by atoms with E-state index >= 15 is 0 Å². The Bertz CT molecular complexity index is 433. The standard InChI is InChI=1S/C15H22N2O3.ClH/c1-17(15(18)14-4-3-9-16-14)10-11-20-13-7-5-12(19-2)6-8-13;/h5-8,14,16H,3-4,9-11H2,1-2H3;1H/t14-;/m0./s1. The van der Waals surface area contributed by atoms with Gasteiger partial charge in [0.1, 0.15) is 18.1 Å². The SMILES string of the molecule is COc1ccc(OCCN(C)C(=O)[C@@H]2CCCN2)cc1.Cl. The summed E-state index contributed by atoms with van der Waals surface area (Å²) in [6.45, 7) is 2.01. The quantitative estimate of drug-likeness (QED) is 0.868. The van der Waals surface area contributed by atoms with E-state index in [0.717, 1.165) is 30.9 Å². The predicted octanol–water partition coefficient (Wildman–Crippen LogP) is 1.71. The Kier molecular flexibility index (Phi) is 7.32. The van der Waals surface area contributed by atoms with Gasteiger partial charge in [-0.3, -0.25) is 4.79 Å². The van der Waals surface area contributed by atoms with Crippen molar-refractivity contribution in [3.63, 3.8) is 0 Å². The molecule has 1 aromatic carbocycles. The van der Waals surface area contributed by atoms with Crippen LogP contribution < -0.4 is 14.8 Å². The van der Waals surface area contributed by atoms with E-state index in [9.17, 15) is 4.79 Å². The van der Waals surface area contributed by atoms with Crippen LogP contribution in [0.15, 0.2) is 24.3 Å². The number of carbonyl (C=O) groups excluding carboxylic acids is 1. The first kappa shape index (κ1) is 17.6. The van der Waals surface area contributed by atoms with Gasteiger partial charge in [0.05, 0.1) is 19.7 Å². The molecule has 1 N–H and O–H groups in total. The zero-order valence-electron chi connectivity index (χ0n) is 12.5. The Hall–Kier alpha value is -1.46. The summed E-state index contributed by atoms with van der Waals surface area (Å²) in [6.07, 6.45) is 2.01. The highest BCUT2D eigenvalue weighted by Crippen LogP contribution is 2.16. The van der Waals surface area contributed by atoms with E-state index in [0.29, 0.717) is 13.2 Å². The first-order valence-corrected chi connectivity index (χ1v) is 6.96. The number of hydrogen-bond donors (Lipinski definition) is 1. The monoisotopic (exact) mass is 314 g/mol. The molecule has 6 heteroatoms. The van der Waals surface area contributed by atoms with Crippen LogP contribution in [-0.4, -0.2) is 50.7 Å². The number of carbonyl (C=O) groups is 1. The summed E-state index contributed by atoms with van der Waals surface area (Å²) in [5.41, 5.74) is 0. The third kappa shape index (κ3) is 5.10. The maximum atomic E-state index is 12.1. The second-order valence-corrected chi connectivity index (χ2v) is 4.93. The molecule has 0 spiro atoms. The highest BCUT2D eigenvalue weighted by molar-refractivity contribution is 5.85. The van der Waals surface area contributed by atoms with Crippen molar-refractivity contribution in [1.82, 2.24) is 10.2 Å². The van der Waals surface area contributed by atoms with Gasteiger partial charge in [0, 0.05) is 7.05 Å². The van der Waals surface area contributed by atoms with Gasteiger partial charge in [-0.15, -0.1) is 12.4 Å². The van der Waals surface area contributed by atoms with E-state index in [2.05, 4.69) is 5.32 Å². The van der Waals surface area contributed by atoms with Crippen LogP contribution in [0.2, 0.25) is 0 Å². The Morgan fingerprint density at radius 2 is 2.00 bits per heavy atom. The van der Waals surface area contributed by atoms with Crippen molar-refractivity contribution < 1.29 is 14.3 Å². The fraction of sp³-hybridized carbons (Fsp3) is 0.533. The van der Waals surface area contributed by atoms with E-state index in [-0.39, 0.29) is 24.4 Å². The van der Waals surface area contributed by atoms with Gasteiger partial charge in [-0.1, -0.05) is 0 Å². The Morgan fingerprint density at radius 3 is 2.57 bits per heavy atom. The summed E-state index contributed by atoms with van der Waals surface area (Å²) < 4.78 is 10.7. The van der Waals surface area contributed by atoms with Crippen LogP contribution in [0.1, 0.15) is 12.8 Å². The van der Waals surface area contributed by atoms with Gasteiger partial charge in [0.15, 0.2) is 0 Å². The molecule has 1 heterocycles. The normalized spacial score (nSPS) is 17.0. The number of nitrogens with zero attached hydrogens (tertiary/aromatic N) is 1. The lowest BCUT2D eigenvalue weighted by atomic mass is 10.2. The highest BCUT2D eigenvalue weighted by Gasteiger charge is 2.24. The fourth-order valence-electron chi connectivity index (χ4n) is 2.24. The van der Waals surface area contributed by atoms with Crippen molar-refractivity contribution in [2.45, 2.75) is 18.9 Å². The molecule has 1 aliphatic heterocycles. The summed E-state index contributed by atoms with van der Waals surface area (Å²) in [7, 11) is 3.45. The van der Waals surface area contributed by atoms with Gasteiger partial charge in [0.25, 0.3) is 0 Å². The van der Waals surface area contributed by atoms with Gasteiger partial charge >= 0.3 is 0 Å². The molecule has 0 bridgehead atoms. The second-order valence-electron chi connectivity index (χ2n) is 4.93. The molecule has 1 atom stereocenters. The van der Waals surface area contributed by atoms with Gasteiger partial charge in [-0.05, 0) is 43.7 Å². The van der Waals surface area contributed by atoms with Crippen molar-refractivity contribution in [3.05, 3.63) is 24.3 Å². The van der Waals surface area contributed by atoms with Crippen LogP contribution in [0.5, 0.6) is 11.5 Å². The number of nitrogens with one attached hydrogen (secondary N) is 1. The topological polar surface area (TPSA) is 50.8 Å². The maximum Gasteiger partial charge on any atom is 0.239 e. The number of benzene rings is 1. The van der Waals surface area contributed by atoms with Gasteiger partial charge in [-0.25, -0.2) is 0 Å².